The molecule has 2 nitrogen and oxygen atoms in total. The van der Waals surface area contributed by atoms with Gasteiger partial charge in [0.25, 0.3) is 0 Å². The minimum atomic E-state index is 0.186. The van der Waals surface area contributed by atoms with Gasteiger partial charge in [-0.25, -0.2) is 0 Å². The zero-order valence-corrected chi connectivity index (χ0v) is 10.8. The highest BCUT2D eigenvalue weighted by Gasteiger charge is 2.20. The van der Waals surface area contributed by atoms with E-state index in [4.69, 9.17) is 10.5 Å². The highest BCUT2D eigenvalue weighted by Crippen LogP contribution is 2.18. The molecule has 0 aliphatic heterocycles. The first-order chi connectivity index (χ1) is 8.86. The van der Waals surface area contributed by atoms with Crippen LogP contribution in [-0.4, -0.2) is 18.8 Å². The van der Waals surface area contributed by atoms with Crippen LogP contribution in [0.2, 0.25) is 0 Å². The van der Waals surface area contributed by atoms with Crippen LogP contribution in [0, 0.1) is 11.8 Å². The van der Waals surface area contributed by atoms with Gasteiger partial charge in [-0.2, -0.15) is 0 Å². The average Bonchev–Trinajstić information content (AvgIpc) is 2.61. The van der Waals surface area contributed by atoms with Gasteiger partial charge in [-0.3, -0.25) is 0 Å². The van der Waals surface area contributed by atoms with Gasteiger partial charge in [0.15, 0.2) is 0 Å². The molecule has 1 aromatic carbocycles. The van der Waals surface area contributed by atoms with Crippen molar-refractivity contribution in [2.45, 2.75) is 44.2 Å². The van der Waals surface area contributed by atoms with E-state index in [1.54, 1.807) is 0 Å². The Labute approximate surface area is 110 Å². The lowest BCUT2D eigenvalue weighted by atomic mass is 10.1. The van der Waals surface area contributed by atoms with E-state index in [1.807, 2.05) is 30.3 Å². The van der Waals surface area contributed by atoms with Crippen molar-refractivity contribution in [3.05, 3.63) is 35.9 Å². The number of benzene rings is 1. The Balaban J connectivity index is 1.79. The van der Waals surface area contributed by atoms with Crippen LogP contribution >= 0.6 is 0 Å². The SMILES string of the molecule is NC1CCCCCC1OCC#Cc1ccccc1. The van der Waals surface area contributed by atoms with Crippen molar-refractivity contribution < 1.29 is 4.74 Å². The van der Waals surface area contributed by atoms with Gasteiger partial charge >= 0.3 is 0 Å². The molecule has 1 aromatic rings. The molecule has 2 heteroatoms. The Morgan fingerprint density at radius 3 is 2.72 bits per heavy atom. The van der Waals surface area contributed by atoms with Crippen LogP contribution in [0.15, 0.2) is 30.3 Å². The summed E-state index contributed by atoms with van der Waals surface area (Å²) in [4.78, 5) is 0. The smallest absolute Gasteiger partial charge is 0.108 e. The minimum absolute atomic E-state index is 0.186. The molecule has 0 bridgehead atoms. The minimum Gasteiger partial charge on any atom is -0.364 e. The standard InChI is InChI=1S/C16H21NO/c17-15-11-5-2-6-12-16(15)18-13-7-10-14-8-3-1-4-9-14/h1,3-4,8-9,15-16H,2,5-6,11-13,17H2. The zero-order valence-electron chi connectivity index (χ0n) is 10.8. The monoisotopic (exact) mass is 243 g/mol. The van der Waals surface area contributed by atoms with Crippen LogP contribution in [0.4, 0.5) is 0 Å². The predicted octanol–water partition coefficient (Wildman–Crippen LogP) is 2.71. The lowest BCUT2D eigenvalue weighted by molar-refractivity contribution is 0.0531. The maximum atomic E-state index is 6.10. The van der Waals surface area contributed by atoms with E-state index in [1.165, 1.54) is 19.3 Å². The first-order valence-electron chi connectivity index (χ1n) is 6.77. The maximum absolute atomic E-state index is 6.10. The predicted molar refractivity (Wildman–Crippen MR) is 74.1 cm³/mol. The average molecular weight is 243 g/mol. The van der Waals surface area contributed by atoms with Crippen LogP contribution in [-0.2, 0) is 4.74 Å². The van der Waals surface area contributed by atoms with Crippen molar-refractivity contribution in [2.75, 3.05) is 6.61 Å². The van der Waals surface area contributed by atoms with Gasteiger partial charge in [0.05, 0.1) is 6.10 Å². The largest absolute Gasteiger partial charge is 0.364 e. The highest BCUT2D eigenvalue weighted by molar-refractivity contribution is 5.33. The number of rotatable bonds is 2. The first-order valence-corrected chi connectivity index (χ1v) is 6.77. The molecule has 0 heterocycles. The molecule has 96 valence electrons. The van der Waals surface area contributed by atoms with Crippen molar-refractivity contribution in [3.8, 4) is 11.8 Å². The van der Waals surface area contributed by atoms with E-state index in [9.17, 15) is 0 Å². The molecule has 0 aromatic heterocycles. The van der Waals surface area contributed by atoms with Crippen molar-refractivity contribution in [3.63, 3.8) is 0 Å². The van der Waals surface area contributed by atoms with Crippen molar-refractivity contribution in [2.24, 2.45) is 5.73 Å². The molecule has 2 unspecified atom stereocenters. The fraction of sp³-hybridized carbons (Fsp3) is 0.500. The summed E-state index contributed by atoms with van der Waals surface area (Å²) in [6, 6.07) is 10.2. The van der Waals surface area contributed by atoms with Crippen LogP contribution < -0.4 is 5.73 Å². The summed E-state index contributed by atoms with van der Waals surface area (Å²) in [5.41, 5.74) is 7.13. The third kappa shape index (κ3) is 4.18. The topological polar surface area (TPSA) is 35.2 Å². The molecule has 0 spiro atoms. The molecule has 2 atom stereocenters. The van der Waals surface area contributed by atoms with E-state index >= 15 is 0 Å². The summed E-state index contributed by atoms with van der Waals surface area (Å²) >= 11 is 0. The van der Waals surface area contributed by atoms with Gasteiger partial charge in [-0.1, -0.05) is 49.3 Å². The molecule has 1 saturated carbocycles. The molecular formula is C16H21NO. The summed E-state index contributed by atoms with van der Waals surface area (Å²) in [6.45, 7) is 0.479. The molecule has 0 amide bonds. The third-order valence-corrected chi connectivity index (χ3v) is 3.38. The van der Waals surface area contributed by atoms with E-state index in [-0.39, 0.29) is 12.1 Å². The van der Waals surface area contributed by atoms with E-state index in [0.29, 0.717) is 6.61 Å². The molecule has 1 fully saturated rings. The molecular weight excluding hydrogens is 222 g/mol. The molecule has 0 saturated heterocycles. The van der Waals surface area contributed by atoms with Crippen molar-refractivity contribution >= 4 is 0 Å². The summed E-state index contributed by atoms with van der Waals surface area (Å²) in [6.07, 6.45) is 6.09. The molecule has 1 aliphatic rings. The third-order valence-electron chi connectivity index (χ3n) is 3.38. The first kappa shape index (κ1) is 13.1. The zero-order chi connectivity index (χ0) is 12.6. The summed E-state index contributed by atoms with van der Waals surface area (Å²) in [5.74, 6) is 6.16. The van der Waals surface area contributed by atoms with Gasteiger partial charge in [0, 0.05) is 11.6 Å². The number of nitrogens with two attached hydrogens (primary N) is 1. The second-order valence-corrected chi connectivity index (χ2v) is 4.82. The summed E-state index contributed by atoms with van der Waals surface area (Å²) in [7, 11) is 0. The summed E-state index contributed by atoms with van der Waals surface area (Å²) < 4.78 is 5.80. The normalized spacial score (nSPS) is 23.8. The number of hydrogen-bond donors (Lipinski definition) is 1. The van der Waals surface area contributed by atoms with Gasteiger partial charge in [-0.05, 0) is 25.0 Å². The van der Waals surface area contributed by atoms with Gasteiger partial charge in [0.2, 0.25) is 0 Å². The van der Waals surface area contributed by atoms with E-state index in [2.05, 4.69) is 11.8 Å². The van der Waals surface area contributed by atoms with Crippen molar-refractivity contribution in [1.82, 2.24) is 0 Å². The lowest BCUT2D eigenvalue weighted by Gasteiger charge is -2.20. The number of ether oxygens (including phenoxy) is 1. The molecule has 2 rings (SSSR count). The molecule has 1 aliphatic carbocycles. The fourth-order valence-corrected chi connectivity index (χ4v) is 2.32. The highest BCUT2D eigenvalue weighted by atomic mass is 16.5. The Hall–Kier alpha value is -1.30. The maximum Gasteiger partial charge on any atom is 0.108 e. The summed E-state index contributed by atoms with van der Waals surface area (Å²) in [5, 5.41) is 0. The molecule has 18 heavy (non-hydrogen) atoms. The second-order valence-electron chi connectivity index (χ2n) is 4.82. The Morgan fingerprint density at radius 1 is 1.11 bits per heavy atom. The van der Waals surface area contributed by atoms with Crippen molar-refractivity contribution in [1.29, 1.82) is 0 Å². The quantitative estimate of drug-likeness (QED) is 0.640. The fourth-order valence-electron chi connectivity index (χ4n) is 2.32. The van der Waals surface area contributed by atoms with E-state index < -0.39 is 0 Å². The Bertz CT molecular complexity index is 404. The van der Waals surface area contributed by atoms with Crippen LogP contribution in [0.25, 0.3) is 0 Å². The molecule has 2 N–H and O–H groups in total. The van der Waals surface area contributed by atoms with Gasteiger partial charge in [0.1, 0.15) is 6.61 Å². The van der Waals surface area contributed by atoms with Crippen LogP contribution in [0.5, 0.6) is 0 Å². The lowest BCUT2D eigenvalue weighted by Crippen LogP contribution is -2.35. The van der Waals surface area contributed by atoms with Crippen LogP contribution in [0.1, 0.15) is 37.7 Å². The van der Waals surface area contributed by atoms with Gasteiger partial charge in [-0.15, -0.1) is 0 Å². The number of hydrogen-bond acceptors (Lipinski definition) is 2. The van der Waals surface area contributed by atoms with E-state index in [0.717, 1.165) is 18.4 Å². The Morgan fingerprint density at radius 2 is 1.89 bits per heavy atom. The Kier molecular flexibility index (Phi) is 5.26. The second kappa shape index (κ2) is 7.20. The van der Waals surface area contributed by atoms with Gasteiger partial charge < -0.3 is 10.5 Å². The molecule has 0 radical (unpaired) electrons. The van der Waals surface area contributed by atoms with Crippen LogP contribution in [0.3, 0.4) is 0 Å².